The number of carbonyl (C=O) groups is 1. The van der Waals surface area contributed by atoms with Crippen LogP contribution in [0.25, 0.3) is 0 Å². The van der Waals surface area contributed by atoms with Crippen LogP contribution in [0.4, 0.5) is 0 Å². The van der Waals surface area contributed by atoms with Crippen LogP contribution in [-0.2, 0) is 11.2 Å². The van der Waals surface area contributed by atoms with Gasteiger partial charge < -0.3 is 5.32 Å². The fraction of sp³-hybridized carbons (Fsp3) is 0.417. The molecular weight excluding hydrogens is 254 g/mol. The molecule has 2 nitrogen and oxygen atoms in total. The standard InChI is InChI=1S/C12H14BrNO/c13-11-3-1-9(2-4-11)5-12(15)6-10-7-14-8-10/h1-4,10,14H,5-8H2. The van der Waals surface area contributed by atoms with Gasteiger partial charge in [-0.05, 0) is 36.7 Å². The van der Waals surface area contributed by atoms with Gasteiger partial charge in [0.2, 0.25) is 0 Å². The van der Waals surface area contributed by atoms with E-state index in [0.29, 0.717) is 18.1 Å². The van der Waals surface area contributed by atoms with Crippen LogP contribution >= 0.6 is 15.9 Å². The molecule has 2 rings (SSSR count). The van der Waals surface area contributed by atoms with E-state index in [1.54, 1.807) is 0 Å². The Bertz CT molecular complexity index is 343. The average Bonchev–Trinajstić information content (AvgIpc) is 2.16. The summed E-state index contributed by atoms with van der Waals surface area (Å²) in [4.78, 5) is 11.7. The fourth-order valence-electron chi connectivity index (χ4n) is 1.72. The molecule has 3 heteroatoms. The maximum atomic E-state index is 11.7. The van der Waals surface area contributed by atoms with E-state index in [4.69, 9.17) is 0 Å². The number of nitrogens with one attached hydrogen (secondary N) is 1. The van der Waals surface area contributed by atoms with Crippen molar-refractivity contribution in [3.63, 3.8) is 0 Å². The second-order valence-electron chi connectivity index (χ2n) is 4.07. The third-order valence-corrected chi connectivity index (χ3v) is 3.23. The van der Waals surface area contributed by atoms with E-state index in [2.05, 4.69) is 21.2 Å². The van der Waals surface area contributed by atoms with E-state index >= 15 is 0 Å². The van der Waals surface area contributed by atoms with Crippen molar-refractivity contribution >= 4 is 21.7 Å². The highest BCUT2D eigenvalue weighted by Gasteiger charge is 2.19. The minimum absolute atomic E-state index is 0.351. The molecule has 1 heterocycles. The number of rotatable bonds is 4. The van der Waals surface area contributed by atoms with Crippen LogP contribution in [0.15, 0.2) is 28.7 Å². The first-order valence-electron chi connectivity index (χ1n) is 5.21. The number of ketones is 1. The molecular formula is C12H14BrNO. The number of carbonyl (C=O) groups excluding carboxylic acids is 1. The van der Waals surface area contributed by atoms with Crippen LogP contribution < -0.4 is 5.32 Å². The molecule has 1 saturated heterocycles. The van der Waals surface area contributed by atoms with Gasteiger partial charge in [-0.15, -0.1) is 0 Å². The summed E-state index contributed by atoms with van der Waals surface area (Å²) >= 11 is 3.38. The molecule has 0 bridgehead atoms. The number of benzene rings is 1. The maximum Gasteiger partial charge on any atom is 0.137 e. The zero-order valence-corrected chi connectivity index (χ0v) is 10.1. The first-order valence-corrected chi connectivity index (χ1v) is 6.00. The molecule has 0 aromatic heterocycles. The van der Waals surface area contributed by atoms with Crippen LogP contribution in [0.2, 0.25) is 0 Å². The van der Waals surface area contributed by atoms with Gasteiger partial charge in [0, 0.05) is 17.3 Å². The van der Waals surface area contributed by atoms with Crippen LogP contribution in [-0.4, -0.2) is 18.9 Å². The molecule has 15 heavy (non-hydrogen) atoms. The molecule has 0 atom stereocenters. The summed E-state index contributed by atoms with van der Waals surface area (Å²) in [5.41, 5.74) is 1.11. The molecule has 0 radical (unpaired) electrons. The zero-order chi connectivity index (χ0) is 10.7. The summed E-state index contributed by atoms with van der Waals surface area (Å²) in [6, 6.07) is 7.96. The molecule has 0 unspecified atom stereocenters. The number of hydrogen-bond acceptors (Lipinski definition) is 2. The van der Waals surface area contributed by atoms with Gasteiger partial charge in [0.05, 0.1) is 0 Å². The smallest absolute Gasteiger partial charge is 0.137 e. The highest BCUT2D eigenvalue weighted by molar-refractivity contribution is 9.10. The van der Waals surface area contributed by atoms with E-state index in [9.17, 15) is 4.79 Å². The van der Waals surface area contributed by atoms with Crippen molar-refractivity contribution in [3.05, 3.63) is 34.3 Å². The van der Waals surface area contributed by atoms with Gasteiger partial charge in [-0.25, -0.2) is 0 Å². The highest BCUT2D eigenvalue weighted by Crippen LogP contribution is 2.14. The van der Waals surface area contributed by atoms with Crippen LogP contribution in [0.3, 0.4) is 0 Å². The van der Waals surface area contributed by atoms with Gasteiger partial charge in [0.15, 0.2) is 0 Å². The summed E-state index contributed by atoms with van der Waals surface area (Å²) in [5, 5.41) is 3.18. The van der Waals surface area contributed by atoms with Crippen LogP contribution in [0, 0.1) is 5.92 Å². The van der Waals surface area contributed by atoms with E-state index in [1.165, 1.54) is 0 Å². The van der Waals surface area contributed by atoms with Crippen molar-refractivity contribution in [3.8, 4) is 0 Å². The van der Waals surface area contributed by atoms with Crippen LogP contribution in [0.1, 0.15) is 12.0 Å². The van der Waals surface area contributed by atoms with E-state index in [-0.39, 0.29) is 0 Å². The lowest BCUT2D eigenvalue weighted by atomic mass is 9.94. The summed E-state index contributed by atoms with van der Waals surface area (Å²) in [6.07, 6.45) is 1.30. The van der Waals surface area contributed by atoms with Crippen molar-refractivity contribution in [1.29, 1.82) is 0 Å². The Hall–Kier alpha value is -0.670. The number of hydrogen-bond donors (Lipinski definition) is 1. The Balaban J connectivity index is 1.84. The lowest BCUT2D eigenvalue weighted by Crippen LogP contribution is -2.43. The first kappa shape index (κ1) is 10.8. The van der Waals surface area contributed by atoms with Crippen molar-refractivity contribution in [1.82, 2.24) is 5.32 Å². The monoisotopic (exact) mass is 267 g/mol. The van der Waals surface area contributed by atoms with Gasteiger partial charge in [-0.3, -0.25) is 4.79 Å². The SMILES string of the molecule is O=C(Cc1ccc(Br)cc1)CC1CNC1. The Labute approximate surface area is 98.2 Å². The molecule has 80 valence electrons. The van der Waals surface area contributed by atoms with Gasteiger partial charge in [0.1, 0.15) is 5.78 Å². The second kappa shape index (κ2) is 4.90. The quantitative estimate of drug-likeness (QED) is 0.906. The average molecular weight is 268 g/mol. The minimum atomic E-state index is 0.351. The Morgan fingerprint density at radius 3 is 2.53 bits per heavy atom. The Kier molecular flexibility index (Phi) is 3.54. The van der Waals surface area contributed by atoms with E-state index < -0.39 is 0 Å². The van der Waals surface area contributed by atoms with Crippen molar-refractivity contribution in [2.45, 2.75) is 12.8 Å². The van der Waals surface area contributed by atoms with Gasteiger partial charge >= 0.3 is 0 Å². The second-order valence-corrected chi connectivity index (χ2v) is 4.99. The Morgan fingerprint density at radius 1 is 1.33 bits per heavy atom. The molecule has 1 aliphatic rings. The molecule has 0 amide bonds. The van der Waals surface area contributed by atoms with E-state index in [1.807, 2.05) is 24.3 Å². The summed E-state index contributed by atoms with van der Waals surface area (Å²) in [7, 11) is 0. The maximum absolute atomic E-state index is 11.7. The molecule has 0 saturated carbocycles. The minimum Gasteiger partial charge on any atom is -0.316 e. The van der Waals surface area contributed by atoms with Gasteiger partial charge in [0.25, 0.3) is 0 Å². The van der Waals surface area contributed by atoms with Crippen LogP contribution in [0.5, 0.6) is 0 Å². The molecule has 1 aromatic carbocycles. The molecule has 1 N–H and O–H groups in total. The fourth-order valence-corrected chi connectivity index (χ4v) is 1.98. The number of Topliss-reactive ketones (excluding diaryl/α,β-unsaturated/α-hetero) is 1. The summed E-state index contributed by atoms with van der Waals surface area (Å²) < 4.78 is 1.06. The summed E-state index contributed by atoms with van der Waals surface area (Å²) in [5.74, 6) is 0.928. The lowest BCUT2D eigenvalue weighted by molar-refractivity contribution is -0.119. The lowest BCUT2D eigenvalue weighted by Gasteiger charge is -2.26. The summed E-state index contributed by atoms with van der Waals surface area (Å²) in [6.45, 7) is 2.01. The predicted molar refractivity (Wildman–Crippen MR) is 63.8 cm³/mol. The molecule has 0 aliphatic carbocycles. The van der Waals surface area contributed by atoms with Crippen molar-refractivity contribution < 1.29 is 4.79 Å². The van der Waals surface area contributed by atoms with Gasteiger partial charge in [-0.1, -0.05) is 28.1 Å². The molecule has 1 aliphatic heterocycles. The highest BCUT2D eigenvalue weighted by atomic mass is 79.9. The van der Waals surface area contributed by atoms with Crippen molar-refractivity contribution in [2.75, 3.05) is 13.1 Å². The van der Waals surface area contributed by atoms with E-state index in [0.717, 1.165) is 29.5 Å². The number of halogens is 1. The molecule has 1 aromatic rings. The van der Waals surface area contributed by atoms with Crippen molar-refractivity contribution in [2.24, 2.45) is 5.92 Å². The third-order valence-electron chi connectivity index (χ3n) is 2.70. The first-order chi connectivity index (χ1) is 7.24. The normalized spacial score (nSPS) is 16.1. The molecule has 0 spiro atoms. The Morgan fingerprint density at radius 2 is 2.00 bits per heavy atom. The topological polar surface area (TPSA) is 29.1 Å². The zero-order valence-electron chi connectivity index (χ0n) is 8.50. The third kappa shape index (κ3) is 3.14. The predicted octanol–water partition coefficient (Wildman–Crippen LogP) is 2.17. The van der Waals surface area contributed by atoms with Gasteiger partial charge in [-0.2, -0.15) is 0 Å². The molecule has 1 fully saturated rings. The largest absolute Gasteiger partial charge is 0.316 e.